The van der Waals surface area contributed by atoms with Crippen LogP contribution in [0, 0.1) is 0 Å². The Kier molecular flexibility index (Phi) is 4.22. The summed E-state index contributed by atoms with van der Waals surface area (Å²) in [6, 6.07) is 8.46. The fourth-order valence-corrected chi connectivity index (χ4v) is 3.83. The Bertz CT molecular complexity index is 786. The Morgan fingerprint density at radius 3 is 2.67 bits per heavy atom. The normalized spacial score (nSPS) is 11.4. The van der Waals surface area contributed by atoms with Crippen molar-refractivity contribution in [2.75, 3.05) is 0 Å². The van der Waals surface area contributed by atoms with Crippen LogP contribution < -0.4 is 0 Å². The first kappa shape index (κ1) is 14.9. The van der Waals surface area contributed by atoms with Gasteiger partial charge in [-0.2, -0.15) is 5.10 Å². The number of aryl methyl sites for hydroxylation is 2. The summed E-state index contributed by atoms with van der Waals surface area (Å²) in [6.45, 7) is 5.98. The van der Waals surface area contributed by atoms with Gasteiger partial charge in [0.25, 0.3) is 0 Å². The quantitative estimate of drug-likeness (QED) is 0.593. The van der Waals surface area contributed by atoms with Crippen LogP contribution in [0.3, 0.4) is 0 Å². The zero-order valence-corrected chi connectivity index (χ0v) is 15.3. The van der Waals surface area contributed by atoms with Crippen molar-refractivity contribution in [3.63, 3.8) is 0 Å². The fourth-order valence-electron chi connectivity index (χ4n) is 2.65. The molecule has 0 amide bonds. The van der Waals surface area contributed by atoms with Crippen molar-refractivity contribution in [1.29, 1.82) is 0 Å². The van der Waals surface area contributed by atoms with Gasteiger partial charge in [0.15, 0.2) is 0 Å². The average molecular weight is 411 g/mol. The molecule has 0 saturated carbocycles. The summed E-state index contributed by atoms with van der Waals surface area (Å²) in [5.74, 6) is 0. The molecule has 3 rings (SSSR count). The van der Waals surface area contributed by atoms with Gasteiger partial charge in [-0.05, 0) is 47.5 Å². The first-order valence-corrected chi connectivity index (χ1v) is 8.71. The molecule has 0 bridgehead atoms. The third-order valence-electron chi connectivity index (χ3n) is 3.77. The highest BCUT2D eigenvalue weighted by Crippen LogP contribution is 2.28. The van der Waals surface area contributed by atoms with Crippen molar-refractivity contribution in [3.8, 4) is 0 Å². The topological polar surface area (TPSA) is 22.8 Å². The first-order chi connectivity index (χ1) is 10.2. The molecule has 0 spiro atoms. The van der Waals surface area contributed by atoms with E-state index in [1.807, 2.05) is 0 Å². The van der Waals surface area contributed by atoms with E-state index in [9.17, 15) is 0 Å². The van der Waals surface area contributed by atoms with Gasteiger partial charge in [-0.3, -0.25) is 4.68 Å². The standard InChI is InChI=1S/C16H17Br2N3/c1-3-13-16(18)15(21(4-2)19-13)10-20-9-8-11-12(17)6-5-7-14(11)20/h5-9H,3-4,10H2,1-2H3. The van der Waals surface area contributed by atoms with Crippen LogP contribution >= 0.6 is 31.9 Å². The molecule has 0 aliphatic carbocycles. The van der Waals surface area contributed by atoms with Crippen LogP contribution in [0.5, 0.6) is 0 Å². The molecular formula is C16H17Br2N3. The maximum Gasteiger partial charge on any atom is 0.0767 e. The largest absolute Gasteiger partial charge is 0.341 e. The van der Waals surface area contributed by atoms with Crippen molar-refractivity contribution < 1.29 is 0 Å². The second-order valence-electron chi connectivity index (χ2n) is 4.99. The molecule has 110 valence electrons. The smallest absolute Gasteiger partial charge is 0.0767 e. The van der Waals surface area contributed by atoms with Crippen molar-refractivity contribution in [3.05, 3.63) is 50.8 Å². The highest BCUT2D eigenvalue weighted by atomic mass is 79.9. The van der Waals surface area contributed by atoms with Gasteiger partial charge in [0.05, 0.1) is 22.4 Å². The molecule has 0 fully saturated rings. The minimum absolute atomic E-state index is 0.821. The number of hydrogen-bond donors (Lipinski definition) is 0. The third-order valence-corrected chi connectivity index (χ3v) is 5.38. The van der Waals surface area contributed by atoms with Crippen molar-refractivity contribution in [2.24, 2.45) is 0 Å². The Morgan fingerprint density at radius 1 is 1.14 bits per heavy atom. The summed E-state index contributed by atoms with van der Waals surface area (Å²) in [5.41, 5.74) is 3.59. The van der Waals surface area contributed by atoms with Gasteiger partial charge < -0.3 is 4.57 Å². The molecule has 0 N–H and O–H groups in total. The summed E-state index contributed by atoms with van der Waals surface area (Å²) < 4.78 is 6.64. The first-order valence-electron chi connectivity index (χ1n) is 7.13. The van der Waals surface area contributed by atoms with E-state index in [1.54, 1.807) is 0 Å². The molecule has 5 heteroatoms. The van der Waals surface area contributed by atoms with Gasteiger partial charge in [-0.25, -0.2) is 0 Å². The fraction of sp³-hybridized carbons (Fsp3) is 0.312. The lowest BCUT2D eigenvalue weighted by molar-refractivity contribution is 0.598. The Balaban J connectivity index is 2.07. The molecule has 0 aliphatic heterocycles. The van der Waals surface area contributed by atoms with Gasteiger partial charge >= 0.3 is 0 Å². The molecule has 0 saturated heterocycles. The number of aromatic nitrogens is 3. The SMILES string of the molecule is CCc1nn(CC)c(Cn2ccc3c(Br)cccc32)c1Br. The number of benzene rings is 1. The molecule has 1 aromatic carbocycles. The van der Waals surface area contributed by atoms with E-state index in [2.05, 4.69) is 90.5 Å². The van der Waals surface area contributed by atoms with E-state index in [0.717, 1.165) is 34.1 Å². The summed E-state index contributed by atoms with van der Waals surface area (Å²) >= 11 is 7.33. The maximum absolute atomic E-state index is 4.67. The van der Waals surface area contributed by atoms with Gasteiger partial charge in [0.1, 0.15) is 0 Å². The molecule has 0 radical (unpaired) electrons. The number of fused-ring (bicyclic) bond motifs is 1. The molecule has 3 nitrogen and oxygen atoms in total. The van der Waals surface area contributed by atoms with E-state index in [1.165, 1.54) is 16.6 Å². The Morgan fingerprint density at radius 2 is 1.95 bits per heavy atom. The van der Waals surface area contributed by atoms with E-state index in [4.69, 9.17) is 0 Å². The minimum Gasteiger partial charge on any atom is -0.341 e. The van der Waals surface area contributed by atoms with Crippen LogP contribution in [-0.4, -0.2) is 14.3 Å². The molecule has 0 aliphatic rings. The molecule has 2 aromatic heterocycles. The summed E-state index contributed by atoms with van der Waals surface area (Å²) in [5, 5.41) is 5.91. The monoisotopic (exact) mass is 409 g/mol. The number of nitrogens with zero attached hydrogens (tertiary/aromatic N) is 3. The van der Waals surface area contributed by atoms with E-state index in [-0.39, 0.29) is 0 Å². The van der Waals surface area contributed by atoms with Gasteiger partial charge in [0.2, 0.25) is 0 Å². The number of halogens is 2. The maximum atomic E-state index is 4.67. The predicted octanol–water partition coefficient (Wildman–Crippen LogP) is 4.99. The summed E-state index contributed by atoms with van der Waals surface area (Å²) in [4.78, 5) is 0. The van der Waals surface area contributed by atoms with Crippen LogP contribution in [-0.2, 0) is 19.5 Å². The lowest BCUT2D eigenvalue weighted by Gasteiger charge is -2.09. The van der Waals surface area contributed by atoms with Crippen LogP contribution in [0.1, 0.15) is 25.2 Å². The lowest BCUT2D eigenvalue weighted by Crippen LogP contribution is -2.07. The van der Waals surface area contributed by atoms with Crippen molar-refractivity contribution >= 4 is 42.8 Å². The number of hydrogen-bond acceptors (Lipinski definition) is 1. The Labute approximate surface area is 141 Å². The molecule has 3 aromatic rings. The highest BCUT2D eigenvalue weighted by Gasteiger charge is 2.15. The number of rotatable bonds is 4. The summed E-state index contributed by atoms with van der Waals surface area (Å²) in [7, 11) is 0. The van der Waals surface area contributed by atoms with E-state index >= 15 is 0 Å². The molecule has 0 atom stereocenters. The van der Waals surface area contributed by atoms with E-state index < -0.39 is 0 Å². The van der Waals surface area contributed by atoms with Crippen molar-refractivity contribution in [1.82, 2.24) is 14.3 Å². The van der Waals surface area contributed by atoms with Gasteiger partial charge in [-0.15, -0.1) is 0 Å². The van der Waals surface area contributed by atoms with E-state index in [0.29, 0.717) is 0 Å². The van der Waals surface area contributed by atoms with Crippen LogP contribution in [0.2, 0.25) is 0 Å². The van der Waals surface area contributed by atoms with Crippen LogP contribution in [0.25, 0.3) is 10.9 Å². The molecule has 2 heterocycles. The zero-order valence-electron chi connectivity index (χ0n) is 12.1. The van der Waals surface area contributed by atoms with Gasteiger partial charge in [0, 0.05) is 28.1 Å². The molecule has 0 unspecified atom stereocenters. The van der Waals surface area contributed by atoms with Crippen molar-refractivity contribution in [2.45, 2.75) is 33.4 Å². The second-order valence-corrected chi connectivity index (χ2v) is 6.64. The highest BCUT2D eigenvalue weighted by molar-refractivity contribution is 9.11. The average Bonchev–Trinajstić information content (AvgIpc) is 3.03. The second kappa shape index (κ2) is 5.97. The lowest BCUT2D eigenvalue weighted by atomic mass is 10.2. The predicted molar refractivity (Wildman–Crippen MR) is 93.7 cm³/mol. The summed E-state index contributed by atoms with van der Waals surface area (Å²) in [6.07, 6.45) is 3.08. The van der Waals surface area contributed by atoms with Gasteiger partial charge in [-0.1, -0.05) is 28.9 Å². The molecule has 21 heavy (non-hydrogen) atoms. The Hall–Kier alpha value is -1.07. The van der Waals surface area contributed by atoms with Crippen LogP contribution in [0.15, 0.2) is 39.4 Å². The molecular weight excluding hydrogens is 394 g/mol. The third kappa shape index (κ3) is 2.57. The zero-order chi connectivity index (χ0) is 15.0. The van der Waals surface area contributed by atoms with Crippen LogP contribution in [0.4, 0.5) is 0 Å². The minimum atomic E-state index is 0.821.